The molecule has 5 nitrogen and oxygen atoms in total. The standard InChI is InChI=1S/C20H31N3O2/c1-6-21-7-2-17(1)13-23-9-12-25-20-16-22(8-3-19(20)15-23)14-18-4-10-24-11-5-18/h1-2,6-7,18-20H,3-5,8-16H2/t19-,20-/m1/s1. The molecule has 3 aliphatic heterocycles. The number of fused-ring (bicyclic) bond motifs is 1. The van der Waals surface area contributed by atoms with Gasteiger partial charge in [0.15, 0.2) is 0 Å². The van der Waals surface area contributed by atoms with Gasteiger partial charge in [-0.1, -0.05) is 0 Å². The van der Waals surface area contributed by atoms with E-state index in [2.05, 4.69) is 26.9 Å². The summed E-state index contributed by atoms with van der Waals surface area (Å²) in [6.45, 7) is 9.55. The average Bonchev–Trinajstić information content (AvgIpc) is 2.85. The predicted molar refractivity (Wildman–Crippen MR) is 97.3 cm³/mol. The number of hydrogen-bond donors (Lipinski definition) is 0. The van der Waals surface area contributed by atoms with E-state index in [4.69, 9.17) is 9.47 Å². The van der Waals surface area contributed by atoms with Gasteiger partial charge in [-0.25, -0.2) is 0 Å². The van der Waals surface area contributed by atoms with Gasteiger partial charge in [-0.05, 0) is 49.4 Å². The second-order valence-corrected chi connectivity index (χ2v) is 7.86. The molecule has 4 rings (SSSR count). The van der Waals surface area contributed by atoms with Crippen LogP contribution in [0.1, 0.15) is 24.8 Å². The molecule has 3 aliphatic rings. The van der Waals surface area contributed by atoms with Crippen molar-refractivity contribution in [1.82, 2.24) is 14.8 Å². The third-order valence-electron chi connectivity index (χ3n) is 6.03. The largest absolute Gasteiger partial charge is 0.381 e. The number of piperidine rings is 1. The zero-order chi connectivity index (χ0) is 16.9. The van der Waals surface area contributed by atoms with Crippen LogP contribution in [-0.4, -0.2) is 73.4 Å². The number of hydrogen-bond acceptors (Lipinski definition) is 5. The molecule has 3 fully saturated rings. The van der Waals surface area contributed by atoms with E-state index in [0.29, 0.717) is 12.0 Å². The van der Waals surface area contributed by atoms with Gasteiger partial charge in [0.2, 0.25) is 0 Å². The van der Waals surface area contributed by atoms with Crippen LogP contribution in [0.5, 0.6) is 0 Å². The van der Waals surface area contributed by atoms with Crippen LogP contribution >= 0.6 is 0 Å². The SMILES string of the molecule is c1cc(CN2CCO[C@@H]3CN(CC4CCOCC4)CC[C@@H]3C2)ccn1. The Morgan fingerprint density at radius 3 is 2.64 bits per heavy atom. The lowest BCUT2D eigenvalue weighted by Crippen LogP contribution is -2.48. The van der Waals surface area contributed by atoms with Gasteiger partial charge in [0.05, 0.1) is 12.7 Å². The van der Waals surface area contributed by atoms with Crippen LogP contribution < -0.4 is 0 Å². The summed E-state index contributed by atoms with van der Waals surface area (Å²) in [5, 5.41) is 0. The maximum atomic E-state index is 6.27. The average molecular weight is 345 g/mol. The Morgan fingerprint density at radius 1 is 0.960 bits per heavy atom. The van der Waals surface area contributed by atoms with Crippen molar-refractivity contribution in [2.24, 2.45) is 11.8 Å². The van der Waals surface area contributed by atoms with E-state index in [0.717, 1.165) is 51.9 Å². The summed E-state index contributed by atoms with van der Waals surface area (Å²) in [6.07, 6.45) is 7.91. The lowest BCUT2D eigenvalue weighted by Gasteiger charge is -2.40. The van der Waals surface area contributed by atoms with Crippen molar-refractivity contribution in [3.63, 3.8) is 0 Å². The molecular weight excluding hydrogens is 314 g/mol. The molecule has 0 amide bonds. The first-order chi connectivity index (χ1) is 12.4. The molecule has 2 atom stereocenters. The lowest BCUT2D eigenvalue weighted by molar-refractivity contribution is -0.0315. The summed E-state index contributed by atoms with van der Waals surface area (Å²) in [5.74, 6) is 1.49. The molecule has 25 heavy (non-hydrogen) atoms. The molecule has 1 aromatic heterocycles. The van der Waals surface area contributed by atoms with E-state index < -0.39 is 0 Å². The molecule has 0 aromatic carbocycles. The Kier molecular flexibility index (Phi) is 5.98. The van der Waals surface area contributed by atoms with Crippen LogP contribution in [0.25, 0.3) is 0 Å². The molecule has 0 saturated carbocycles. The number of ether oxygens (including phenoxy) is 2. The highest BCUT2D eigenvalue weighted by Gasteiger charge is 2.34. The Labute approximate surface area is 151 Å². The minimum Gasteiger partial charge on any atom is -0.381 e. The minimum absolute atomic E-state index is 0.413. The molecule has 138 valence electrons. The van der Waals surface area contributed by atoms with E-state index in [1.54, 1.807) is 0 Å². The zero-order valence-corrected chi connectivity index (χ0v) is 15.2. The quantitative estimate of drug-likeness (QED) is 0.835. The fourth-order valence-electron chi connectivity index (χ4n) is 4.53. The molecule has 5 heteroatoms. The lowest BCUT2D eigenvalue weighted by atomic mass is 9.91. The monoisotopic (exact) mass is 345 g/mol. The molecule has 4 heterocycles. The van der Waals surface area contributed by atoms with Gasteiger partial charge in [0.1, 0.15) is 0 Å². The Morgan fingerprint density at radius 2 is 1.80 bits per heavy atom. The van der Waals surface area contributed by atoms with Gasteiger partial charge in [0, 0.05) is 64.2 Å². The topological polar surface area (TPSA) is 37.8 Å². The first kappa shape index (κ1) is 17.4. The molecule has 0 aliphatic carbocycles. The molecule has 0 bridgehead atoms. The van der Waals surface area contributed by atoms with Gasteiger partial charge < -0.3 is 14.4 Å². The highest BCUT2D eigenvalue weighted by atomic mass is 16.5. The Hall–Kier alpha value is -1.01. The third-order valence-corrected chi connectivity index (χ3v) is 6.03. The van der Waals surface area contributed by atoms with Crippen molar-refractivity contribution in [3.05, 3.63) is 30.1 Å². The summed E-state index contributed by atoms with van der Waals surface area (Å²) in [7, 11) is 0. The molecule has 1 aromatic rings. The summed E-state index contributed by atoms with van der Waals surface area (Å²) >= 11 is 0. The van der Waals surface area contributed by atoms with Gasteiger partial charge in [-0.2, -0.15) is 0 Å². The Bertz CT molecular complexity index is 521. The van der Waals surface area contributed by atoms with Crippen molar-refractivity contribution in [1.29, 1.82) is 0 Å². The molecule has 0 spiro atoms. The van der Waals surface area contributed by atoms with E-state index in [1.807, 2.05) is 12.4 Å². The smallest absolute Gasteiger partial charge is 0.0743 e. The second-order valence-electron chi connectivity index (χ2n) is 7.86. The molecular formula is C20H31N3O2. The van der Waals surface area contributed by atoms with Crippen molar-refractivity contribution in [3.8, 4) is 0 Å². The van der Waals surface area contributed by atoms with Gasteiger partial charge in [-0.15, -0.1) is 0 Å². The first-order valence-electron chi connectivity index (χ1n) is 9.90. The molecule has 0 radical (unpaired) electrons. The minimum atomic E-state index is 0.413. The van der Waals surface area contributed by atoms with Crippen LogP contribution in [0.4, 0.5) is 0 Å². The van der Waals surface area contributed by atoms with Crippen molar-refractivity contribution < 1.29 is 9.47 Å². The van der Waals surface area contributed by atoms with Crippen LogP contribution in [-0.2, 0) is 16.0 Å². The van der Waals surface area contributed by atoms with E-state index in [-0.39, 0.29) is 0 Å². The van der Waals surface area contributed by atoms with Crippen molar-refractivity contribution in [2.45, 2.75) is 31.9 Å². The van der Waals surface area contributed by atoms with Gasteiger partial charge in [-0.3, -0.25) is 9.88 Å². The fraction of sp³-hybridized carbons (Fsp3) is 0.750. The number of nitrogens with zero attached hydrogens (tertiary/aromatic N) is 3. The van der Waals surface area contributed by atoms with E-state index in [1.165, 1.54) is 37.9 Å². The normalized spacial score (nSPS) is 29.9. The first-order valence-corrected chi connectivity index (χ1v) is 9.90. The molecule has 0 N–H and O–H groups in total. The Balaban J connectivity index is 1.29. The van der Waals surface area contributed by atoms with Crippen LogP contribution in [0.2, 0.25) is 0 Å². The van der Waals surface area contributed by atoms with Gasteiger partial charge >= 0.3 is 0 Å². The van der Waals surface area contributed by atoms with Crippen LogP contribution in [0.15, 0.2) is 24.5 Å². The number of pyridine rings is 1. The molecule has 0 unspecified atom stereocenters. The highest BCUT2D eigenvalue weighted by Crippen LogP contribution is 2.26. The fourth-order valence-corrected chi connectivity index (χ4v) is 4.53. The highest BCUT2D eigenvalue weighted by molar-refractivity contribution is 5.09. The summed E-state index contributed by atoms with van der Waals surface area (Å²) in [5.41, 5.74) is 1.35. The van der Waals surface area contributed by atoms with Gasteiger partial charge in [0.25, 0.3) is 0 Å². The number of rotatable bonds is 4. The summed E-state index contributed by atoms with van der Waals surface area (Å²) < 4.78 is 11.8. The third kappa shape index (κ3) is 4.79. The number of likely N-dealkylation sites (tertiary alicyclic amines) is 1. The molecule has 3 saturated heterocycles. The maximum absolute atomic E-state index is 6.27. The summed E-state index contributed by atoms with van der Waals surface area (Å²) in [4.78, 5) is 9.33. The second kappa shape index (κ2) is 8.58. The van der Waals surface area contributed by atoms with E-state index in [9.17, 15) is 0 Å². The van der Waals surface area contributed by atoms with E-state index >= 15 is 0 Å². The van der Waals surface area contributed by atoms with Crippen molar-refractivity contribution in [2.75, 3.05) is 52.5 Å². The zero-order valence-electron chi connectivity index (χ0n) is 15.2. The summed E-state index contributed by atoms with van der Waals surface area (Å²) in [6, 6.07) is 4.25. The number of aromatic nitrogens is 1. The van der Waals surface area contributed by atoms with Crippen LogP contribution in [0, 0.1) is 11.8 Å². The van der Waals surface area contributed by atoms with Crippen LogP contribution in [0.3, 0.4) is 0 Å². The maximum Gasteiger partial charge on any atom is 0.0743 e. The predicted octanol–water partition coefficient (Wildman–Crippen LogP) is 2.03. The van der Waals surface area contributed by atoms with Crippen molar-refractivity contribution >= 4 is 0 Å².